The van der Waals surface area contributed by atoms with E-state index in [4.69, 9.17) is 0 Å². The number of carbonyl (C=O) groups excluding carboxylic acids is 1. The van der Waals surface area contributed by atoms with Crippen molar-refractivity contribution in [3.05, 3.63) is 35.4 Å². The molecule has 0 spiro atoms. The van der Waals surface area contributed by atoms with Crippen molar-refractivity contribution in [3.63, 3.8) is 0 Å². The van der Waals surface area contributed by atoms with E-state index in [2.05, 4.69) is 35.0 Å². The van der Waals surface area contributed by atoms with Crippen LogP contribution in [0, 0.1) is 0 Å². The molecule has 0 aliphatic carbocycles. The van der Waals surface area contributed by atoms with Crippen molar-refractivity contribution in [2.45, 2.75) is 57.2 Å². The summed E-state index contributed by atoms with van der Waals surface area (Å²) in [4.78, 5) is 11.7. The average Bonchev–Trinajstić information content (AvgIpc) is 2.35. The maximum Gasteiger partial charge on any atom is 0.159 e. The first-order valence-corrected chi connectivity index (χ1v) is 7.79. The molecule has 0 N–H and O–H groups in total. The number of carbonyl (C=O) groups is 1. The van der Waals surface area contributed by atoms with Gasteiger partial charge in [0.25, 0.3) is 0 Å². The highest BCUT2D eigenvalue weighted by molar-refractivity contribution is 9.09. The maximum absolute atomic E-state index is 11.2. The second kappa shape index (κ2) is 8.47. The highest BCUT2D eigenvalue weighted by atomic mass is 79.9. The number of rotatable bonds is 8. The highest BCUT2D eigenvalue weighted by Gasteiger charge is 2.06. The standard InChI is InChI=1S/C16H23BrO/c1-3-4-5-6-7-16(17)12-14-8-10-15(11-9-14)13(2)18/h8-11,16H,3-7,12H2,1-2H3. The first-order chi connectivity index (χ1) is 8.63. The molecule has 0 aliphatic heterocycles. The molecule has 0 radical (unpaired) electrons. The van der Waals surface area contributed by atoms with E-state index >= 15 is 0 Å². The van der Waals surface area contributed by atoms with Crippen LogP contribution in [0.25, 0.3) is 0 Å². The molecule has 18 heavy (non-hydrogen) atoms. The fraction of sp³-hybridized carbons (Fsp3) is 0.562. The van der Waals surface area contributed by atoms with Crippen LogP contribution in [0.1, 0.15) is 61.9 Å². The van der Waals surface area contributed by atoms with Crippen LogP contribution in [-0.4, -0.2) is 10.6 Å². The van der Waals surface area contributed by atoms with Gasteiger partial charge in [0.1, 0.15) is 0 Å². The van der Waals surface area contributed by atoms with Gasteiger partial charge in [-0.05, 0) is 25.3 Å². The minimum absolute atomic E-state index is 0.136. The zero-order chi connectivity index (χ0) is 13.4. The Balaban J connectivity index is 2.35. The number of hydrogen-bond donors (Lipinski definition) is 0. The molecule has 0 fully saturated rings. The summed E-state index contributed by atoms with van der Waals surface area (Å²) in [5.74, 6) is 0.136. The molecule has 0 saturated carbocycles. The topological polar surface area (TPSA) is 17.1 Å². The Kier molecular flexibility index (Phi) is 7.26. The van der Waals surface area contributed by atoms with E-state index in [9.17, 15) is 4.79 Å². The molecular weight excluding hydrogens is 288 g/mol. The monoisotopic (exact) mass is 310 g/mol. The van der Waals surface area contributed by atoms with Gasteiger partial charge in [-0.15, -0.1) is 0 Å². The number of alkyl halides is 1. The molecule has 0 amide bonds. The van der Waals surface area contributed by atoms with Gasteiger partial charge in [-0.2, -0.15) is 0 Å². The number of benzene rings is 1. The molecule has 0 aromatic heterocycles. The van der Waals surface area contributed by atoms with Crippen LogP contribution in [-0.2, 0) is 6.42 Å². The van der Waals surface area contributed by atoms with Gasteiger partial charge >= 0.3 is 0 Å². The van der Waals surface area contributed by atoms with Crippen molar-refractivity contribution in [1.29, 1.82) is 0 Å². The third-order valence-corrected chi connectivity index (χ3v) is 3.97. The lowest BCUT2D eigenvalue weighted by Gasteiger charge is -2.10. The Bertz CT molecular complexity index is 356. The Morgan fingerprint density at radius 3 is 2.39 bits per heavy atom. The SMILES string of the molecule is CCCCCCC(Br)Cc1ccc(C(C)=O)cc1. The van der Waals surface area contributed by atoms with Crippen molar-refractivity contribution in [2.24, 2.45) is 0 Å². The van der Waals surface area contributed by atoms with E-state index in [1.165, 1.54) is 37.7 Å². The lowest BCUT2D eigenvalue weighted by Crippen LogP contribution is -2.03. The summed E-state index contributed by atoms with van der Waals surface area (Å²) in [7, 11) is 0. The summed E-state index contributed by atoms with van der Waals surface area (Å²) in [5, 5.41) is 0. The molecule has 1 aromatic rings. The van der Waals surface area contributed by atoms with Crippen LogP contribution in [0.5, 0.6) is 0 Å². The Hall–Kier alpha value is -0.630. The zero-order valence-corrected chi connectivity index (χ0v) is 13.0. The fourth-order valence-corrected chi connectivity index (χ4v) is 2.72. The van der Waals surface area contributed by atoms with Crippen LogP contribution in [0.3, 0.4) is 0 Å². The van der Waals surface area contributed by atoms with Gasteiger partial charge in [-0.25, -0.2) is 0 Å². The van der Waals surface area contributed by atoms with Gasteiger partial charge in [-0.1, -0.05) is 72.8 Å². The van der Waals surface area contributed by atoms with E-state index in [0.29, 0.717) is 4.83 Å². The van der Waals surface area contributed by atoms with Crippen LogP contribution in [0.4, 0.5) is 0 Å². The molecule has 100 valence electrons. The lowest BCUT2D eigenvalue weighted by atomic mass is 10.0. The molecule has 0 bridgehead atoms. The Morgan fingerprint density at radius 2 is 1.83 bits per heavy atom. The predicted octanol–water partition coefficient (Wildman–Crippen LogP) is 5.17. The third kappa shape index (κ3) is 5.81. The number of unbranched alkanes of at least 4 members (excludes halogenated alkanes) is 3. The molecule has 0 heterocycles. The number of hydrogen-bond acceptors (Lipinski definition) is 1. The lowest BCUT2D eigenvalue weighted by molar-refractivity contribution is 0.101. The van der Waals surface area contributed by atoms with Crippen molar-refractivity contribution in [3.8, 4) is 0 Å². The molecule has 1 aromatic carbocycles. The molecule has 1 nitrogen and oxygen atoms in total. The van der Waals surface area contributed by atoms with Gasteiger partial charge in [0.15, 0.2) is 5.78 Å². The summed E-state index contributed by atoms with van der Waals surface area (Å²) in [5.41, 5.74) is 2.10. The van der Waals surface area contributed by atoms with Crippen molar-refractivity contribution >= 4 is 21.7 Å². The molecule has 1 unspecified atom stereocenters. The molecule has 1 rings (SSSR count). The molecule has 1 atom stereocenters. The number of ketones is 1. The van der Waals surface area contributed by atoms with Crippen molar-refractivity contribution in [2.75, 3.05) is 0 Å². The van der Waals surface area contributed by atoms with Gasteiger partial charge < -0.3 is 0 Å². The minimum atomic E-state index is 0.136. The second-order valence-electron chi connectivity index (χ2n) is 4.90. The van der Waals surface area contributed by atoms with Crippen LogP contribution in [0.15, 0.2) is 24.3 Å². The van der Waals surface area contributed by atoms with Gasteiger partial charge in [0.05, 0.1) is 0 Å². The molecule has 0 saturated heterocycles. The van der Waals surface area contributed by atoms with Gasteiger partial charge in [-0.3, -0.25) is 4.79 Å². The summed E-state index contributed by atoms with van der Waals surface area (Å²) in [6.07, 6.45) is 7.54. The zero-order valence-electron chi connectivity index (χ0n) is 11.4. The molecule has 0 aliphatic rings. The van der Waals surface area contributed by atoms with E-state index < -0.39 is 0 Å². The Morgan fingerprint density at radius 1 is 1.17 bits per heavy atom. The number of Topliss-reactive ketones (excluding diaryl/α,β-unsaturated/α-hetero) is 1. The fourth-order valence-electron chi connectivity index (χ4n) is 2.03. The van der Waals surface area contributed by atoms with Gasteiger partial charge in [0, 0.05) is 10.4 Å². The van der Waals surface area contributed by atoms with Crippen LogP contribution >= 0.6 is 15.9 Å². The first-order valence-electron chi connectivity index (χ1n) is 6.87. The van der Waals surface area contributed by atoms with E-state index in [1.807, 2.05) is 12.1 Å². The van der Waals surface area contributed by atoms with E-state index in [0.717, 1.165) is 12.0 Å². The second-order valence-corrected chi connectivity index (χ2v) is 6.20. The quantitative estimate of drug-likeness (QED) is 0.368. The van der Waals surface area contributed by atoms with Crippen LogP contribution < -0.4 is 0 Å². The predicted molar refractivity (Wildman–Crippen MR) is 81.6 cm³/mol. The average molecular weight is 311 g/mol. The van der Waals surface area contributed by atoms with Crippen molar-refractivity contribution < 1.29 is 4.79 Å². The minimum Gasteiger partial charge on any atom is -0.295 e. The van der Waals surface area contributed by atoms with E-state index in [-0.39, 0.29) is 5.78 Å². The van der Waals surface area contributed by atoms with Crippen LogP contribution in [0.2, 0.25) is 0 Å². The number of halogens is 1. The van der Waals surface area contributed by atoms with E-state index in [1.54, 1.807) is 6.92 Å². The smallest absolute Gasteiger partial charge is 0.159 e. The Labute approximate surface area is 119 Å². The third-order valence-electron chi connectivity index (χ3n) is 3.19. The maximum atomic E-state index is 11.2. The van der Waals surface area contributed by atoms with Crippen molar-refractivity contribution in [1.82, 2.24) is 0 Å². The largest absolute Gasteiger partial charge is 0.295 e. The summed E-state index contributed by atoms with van der Waals surface area (Å²) in [6, 6.07) is 7.98. The summed E-state index contributed by atoms with van der Waals surface area (Å²) >= 11 is 3.75. The first kappa shape index (κ1) is 15.4. The normalized spacial score (nSPS) is 12.4. The molecule has 2 heteroatoms. The molecular formula is C16H23BrO. The van der Waals surface area contributed by atoms with Gasteiger partial charge in [0.2, 0.25) is 0 Å². The summed E-state index contributed by atoms with van der Waals surface area (Å²) < 4.78 is 0. The summed E-state index contributed by atoms with van der Waals surface area (Å²) in [6.45, 7) is 3.85. The highest BCUT2D eigenvalue weighted by Crippen LogP contribution is 2.17.